The maximum Gasteiger partial charge on any atom is 0.320 e. The van der Waals surface area contributed by atoms with Gasteiger partial charge in [0.25, 0.3) is 0 Å². The zero-order valence-electron chi connectivity index (χ0n) is 13.5. The second kappa shape index (κ2) is 7.00. The minimum absolute atomic E-state index is 0.148. The molecule has 1 heterocycles. The van der Waals surface area contributed by atoms with Crippen molar-refractivity contribution >= 4 is 34.6 Å². The third-order valence-electron chi connectivity index (χ3n) is 4.09. The number of hydrogen-bond acceptors (Lipinski definition) is 4. The van der Waals surface area contributed by atoms with Gasteiger partial charge in [0, 0.05) is 29.9 Å². The van der Waals surface area contributed by atoms with Gasteiger partial charge in [-0.25, -0.2) is 9.78 Å². The fraction of sp³-hybridized carbons (Fsp3) is 0.353. The highest BCUT2D eigenvalue weighted by Gasteiger charge is 2.39. The summed E-state index contributed by atoms with van der Waals surface area (Å²) in [5.74, 6) is -0.148. The minimum atomic E-state index is -0.368. The second-order valence-corrected chi connectivity index (χ2v) is 6.86. The van der Waals surface area contributed by atoms with Gasteiger partial charge >= 0.3 is 6.03 Å². The van der Waals surface area contributed by atoms with Crippen LogP contribution in [0.15, 0.2) is 35.8 Å². The van der Waals surface area contributed by atoms with Crippen LogP contribution in [-0.2, 0) is 10.3 Å². The molecule has 6 nitrogen and oxygen atoms in total. The number of aromatic nitrogens is 1. The molecule has 1 aromatic heterocycles. The summed E-state index contributed by atoms with van der Waals surface area (Å²) in [5.41, 5.74) is 0.912. The van der Waals surface area contributed by atoms with Gasteiger partial charge in [-0.05, 0) is 31.0 Å². The molecule has 0 bridgehead atoms. The van der Waals surface area contributed by atoms with Crippen LogP contribution in [0.3, 0.4) is 0 Å². The van der Waals surface area contributed by atoms with E-state index in [4.69, 9.17) is 0 Å². The summed E-state index contributed by atoms with van der Waals surface area (Å²) in [7, 11) is 0. The van der Waals surface area contributed by atoms with Gasteiger partial charge in [0.2, 0.25) is 5.91 Å². The molecule has 2 aromatic rings. The van der Waals surface area contributed by atoms with Crippen LogP contribution >= 0.6 is 11.3 Å². The molecule has 126 valence electrons. The standard InChI is InChI=1S/C17H20N4O2S/c1-12(22)19-13-5-4-6-14(11-13)20-16(23)21-17(7-2-3-8-17)15-18-9-10-24-15/h4-6,9-11H,2-3,7-8H2,1H3,(H,19,22)(H2,20,21,23). The molecule has 0 radical (unpaired) electrons. The van der Waals surface area contributed by atoms with Crippen LogP contribution in [0.1, 0.15) is 37.6 Å². The fourth-order valence-corrected chi connectivity index (χ4v) is 3.94. The monoisotopic (exact) mass is 344 g/mol. The molecule has 1 aromatic carbocycles. The highest BCUT2D eigenvalue weighted by molar-refractivity contribution is 7.09. The van der Waals surface area contributed by atoms with Crippen molar-refractivity contribution < 1.29 is 9.59 Å². The molecule has 1 fully saturated rings. The Kier molecular flexibility index (Phi) is 4.80. The van der Waals surface area contributed by atoms with Crippen LogP contribution in [-0.4, -0.2) is 16.9 Å². The highest BCUT2D eigenvalue weighted by atomic mass is 32.1. The van der Waals surface area contributed by atoms with E-state index in [1.165, 1.54) is 6.92 Å². The number of hydrogen-bond donors (Lipinski definition) is 3. The molecule has 0 aliphatic heterocycles. The Balaban J connectivity index is 1.70. The summed E-state index contributed by atoms with van der Waals surface area (Å²) < 4.78 is 0. The van der Waals surface area contributed by atoms with Crippen molar-refractivity contribution in [1.29, 1.82) is 0 Å². The van der Waals surface area contributed by atoms with E-state index in [-0.39, 0.29) is 17.5 Å². The van der Waals surface area contributed by atoms with Gasteiger partial charge in [-0.3, -0.25) is 4.79 Å². The van der Waals surface area contributed by atoms with Crippen molar-refractivity contribution in [2.24, 2.45) is 0 Å². The predicted octanol–water partition coefficient (Wildman–Crippen LogP) is 3.69. The van der Waals surface area contributed by atoms with E-state index in [1.807, 2.05) is 5.38 Å². The van der Waals surface area contributed by atoms with E-state index in [2.05, 4.69) is 20.9 Å². The molecule has 0 spiro atoms. The van der Waals surface area contributed by atoms with Crippen LogP contribution in [0, 0.1) is 0 Å². The number of carbonyl (C=O) groups excluding carboxylic acids is 2. The van der Waals surface area contributed by atoms with Crippen LogP contribution in [0.4, 0.5) is 16.2 Å². The van der Waals surface area contributed by atoms with Crippen molar-refractivity contribution in [1.82, 2.24) is 10.3 Å². The quantitative estimate of drug-likeness (QED) is 0.791. The van der Waals surface area contributed by atoms with E-state index in [1.54, 1.807) is 41.8 Å². The van der Waals surface area contributed by atoms with E-state index in [0.717, 1.165) is 30.7 Å². The summed E-state index contributed by atoms with van der Waals surface area (Å²) in [5, 5.41) is 11.6. The third kappa shape index (κ3) is 3.73. The number of nitrogens with zero attached hydrogens (tertiary/aromatic N) is 1. The van der Waals surface area contributed by atoms with Crippen molar-refractivity contribution in [3.05, 3.63) is 40.8 Å². The molecule has 0 unspecified atom stereocenters. The van der Waals surface area contributed by atoms with Crippen molar-refractivity contribution in [2.75, 3.05) is 10.6 Å². The Morgan fingerprint density at radius 3 is 2.50 bits per heavy atom. The molecule has 24 heavy (non-hydrogen) atoms. The SMILES string of the molecule is CC(=O)Nc1cccc(NC(=O)NC2(c3nccs3)CCCC2)c1. The second-order valence-electron chi connectivity index (χ2n) is 5.97. The van der Waals surface area contributed by atoms with Crippen molar-refractivity contribution in [3.63, 3.8) is 0 Å². The lowest BCUT2D eigenvalue weighted by atomic mass is 9.99. The van der Waals surface area contributed by atoms with E-state index >= 15 is 0 Å². The van der Waals surface area contributed by atoms with Crippen LogP contribution in [0.2, 0.25) is 0 Å². The first kappa shape index (κ1) is 16.4. The predicted molar refractivity (Wildman–Crippen MR) is 95.2 cm³/mol. The molecule has 0 saturated heterocycles. The van der Waals surface area contributed by atoms with Gasteiger partial charge in [-0.1, -0.05) is 18.9 Å². The molecular formula is C17H20N4O2S. The maximum absolute atomic E-state index is 12.5. The number of thiazole rings is 1. The fourth-order valence-electron chi connectivity index (χ4n) is 3.09. The first-order chi connectivity index (χ1) is 11.6. The van der Waals surface area contributed by atoms with E-state index in [0.29, 0.717) is 11.4 Å². The molecule has 0 atom stereocenters. The van der Waals surface area contributed by atoms with Crippen molar-refractivity contribution in [2.45, 2.75) is 38.1 Å². The molecule has 1 aliphatic rings. The van der Waals surface area contributed by atoms with Crippen LogP contribution < -0.4 is 16.0 Å². The summed E-state index contributed by atoms with van der Waals surface area (Å²) in [4.78, 5) is 28.0. The van der Waals surface area contributed by atoms with Gasteiger partial charge in [0.1, 0.15) is 5.01 Å². The zero-order chi connectivity index (χ0) is 17.0. The number of benzene rings is 1. The first-order valence-electron chi connectivity index (χ1n) is 7.94. The van der Waals surface area contributed by atoms with Gasteiger partial charge in [0.05, 0.1) is 5.54 Å². The number of rotatable bonds is 4. The molecule has 3 rings (SSSR count). The topological polar surface area (TPSA) is 83.1 Å². The number of nitrogens with one attached hydrogen (secondary N) is 3. The molecule has 3 N–H and O–H groups in total. The third-order valence-corrected chi connectivity index (χ3v) is 5.07. The number of amides is 3. The molecular weight excluding hydrogens is 324 g/mol. The smallest absolute Gasteiger partial charge is 0.320 e. The maximum atomic E-state index is 12.5. The Bertz CT molecular complexity index is 724. The number of carbonyl (C=O) groups is 2. The summed E-state index contributed by atoms with van der Waals surface area (Å²) >= 11 is 1.58. The lowest BCUT2D eigenvalue weighted by molar-refractivity contribution is -0.114. The molecule has 1 aliphatic carbocycles. The molecule has 1 saturated carbocycles. The number of anilines is 2. The zero-order valence-corrected chi connectivity index (χ0v) is 14.3. The van der Waals surface area contributed by atoms with Crippen molar-refractivity contribution in [3.8, 4) is 0 Å². The normalized spacial score (nSPS) is 15.7. The number of urea groups is 1. The average Bonchev–Trinajstić information content (AvgIpc) is 3.18. The molecule has 7 heteroatoms. The highest BCUT2D eigenvalue weighted by Crippen LogP contribution is 2.39. The largest absolute Gasteiger partial charge is 0.326 e. The van der Waals surface area contributed by atoms with E-state index < -0.39 is 0 Å². The average molecular weight is 344 g/mol. The van der Waals surface area contributed by atoms with Crippen LogP contribution in [0.5, 0.6) is 0 Å². The molecule has 3 amide bonds. The van der Waals surface area contributed by atoms with Gasteiger partial charge in [-0.2, -0.15) is 0 Å². The van der Waals surface area contributed by atoms with Crippen LogP contribution in [0.25, 0.3) is 0 Å². The summed E-state index contributed by atoms with van der Waals surface area (Å²) in [6.07, 6.45) is 5.74. The van der Waals surface area contributed by atoms with E-state index in [9.17, 15) is 9.59 Å². The minimum Gasteiger partial charge on any atom is -0.326 e. The Morgan fingerprint density at radius 1 is 1.17 bits per heavy atom. The summed E-state index contributed by atoms with van der Waals surface area (Å²) in [6.45, 7) is 1.45. The Hall–Kier alpha value is -2.41. The lowest BCUT2D eigenvalue weighted by Crippen LogP contribution is -2.45. The first-order valence-corrected chi connectivity index (χ1v) is 8.82. The van der Waals surface area contributed by atoms with Gasteiger partial charge in [-0.15, -0.1) is 11.3 Å². The Morgan fingerprint density at radius 2 is 1.88 bits per heavy atom. The summed E-state index contributed by atoms with van der Waals surface area (Å²) in [6, 6.07) is 6.82. The van der Waals surface area contributed by atoms with Gasteiger partial charge in [0.15, 0.2) is 0 Å². The lowest BCUT2D eigenvalue weighted by Gasteiger charge is -2.28. The van der Waals surface area contributed by atoms with Gasteiger partial charge < -0.3 is 16.0 Å². The Labute approximate surface area is 144 Å².